The molecule has 2 aromatic heterocycles. The Morgan fingerprint density at radius 2 is 1.11 bits per heavy atom. The van der Waals surface area contributed by atoms with Crippen LogP contribution >= 0.6 is 0 Å². The van der Waals surface area contributed by atoms with Crippen molar-refractivity contribution in [1.82, 2.24) is 19.6 Å². The monoisotopic (exact) mass is 740 g/mol. The molecular weight excluding hydrogens is 708 g/mol. The van der Waals surface area contributed by atoms with Crippen molar-refractivity contribution in [3.63, 3.8) is 0 Å². The van der Waals surface area contributed by atoms with Crippen molar-refractivity contribution in [2.75, 3.05) is 10.6 Å². The van der Waals surface area contributed by atoms with Gasteiger partial charge in [-0.25, -0.2) is 8.78 Å². The number of anilines is 2. The first-order chi connectivity index (χ1) is 24.9. The third-order valence-corrected chi connectivity index (χ3v) is 8.22. The van der Waals surface area contributed by atoms with Crippen LogP contribution in [0.5, 0.6) is 0 Å². The number of benzene rings is 4. The van der Waals surface area contributed by atoms with E-state index >= 15 is 0 Å². The van der Waals surface area contributed by atoms with E-state index in [0.29, 0.717) is 17.8 Å². The van der Waals surface area contributed by atoms with E-state index in [1.165, 1.54) is 38.4 Å². The van der Waals surface area contributed by atoms with E-state index in [2.05, 4.69) is 20.8 Å². The zero-order valence-electron chi connectivity index (χ0n) is 28.7. The number of nitrogens with one attached hydrogen (secondary N) is 2. The number of carbonyl (C=O) groups excluding carboxylic acids is 1. The highest BCUT2D eigenvalue weighted by molar-refractivity contribution is 6.05. The number of amides is 1. The SMILES string of the molecule is Cc1ccccc1C(=O)Nc1ccc(-c2cc(C(F)(F)F)nn2C)c(F)c1.Cc1ccccc1CNc1ccc(-c2cc(C(F)(F)F)nn2C)c(F)c1. The smallest absolute Gasteiger partial charge is 0.381 e. The summed E-state index contributed by atoms with van der Waals surface area (Å²) >= 11 is 0. The van der Waals surface area contributed by atoms with E-state index in [9.17, 15) is 39.9 Å². The number of aryl methyl sites for hydroxylation is 4. The van der Waals surface area contributed by atoms with E-state index < -0.39 is 41.3 Å². The van der Waals surface area contributed by atoms with Gasteiger partial charge in [0.2, 0.25) is 0 Å². The molecule has 0 atom stereocenters. The van der Waals surface area contributed by atoms with Crippen molar-refractivity contribution in [2.45, 2.75) is 32.7 Å². The maximum Gasteiger partial charge on any atom is 0.435 e. The predicted molar refractivity (Wildman–Crippen MR) is 185 cm³/mol. The number of hydrogen-bond acceptors (Lipinski definition) is 4. The summed E-state index contributed by atoms with van der Waals surface area (Å²) in [5.41, 5.74) is 2.08. The third kappa shape index (κ3) is 9.09. The van der Waals surface area contributed by atoms with Crippen LogP contribution in [0, 0.1) is 25.5 Å². The van der Waals surface area contributed by atoms with Gasteiger partial charge in [-0.2, -0.15) is 36.5 Å². The number of hydrogen-bond donors (Lipinski definition) is 2. The first-order valence-corrected chi connectivity index (χ1v) is 15.9. The number of rotatable bonds is 7. The maximum absolute atomic E-state index is 14.5. The van der Waals surface area contributed by atoms with Crippen LogP contribution in [0.15, 0.2) is 97.1 Å². The highest BCUT2D eigenvalue weighted by Crippen LogP contribution is 2.34. The first-order valence-electron chi connectivity index (χ1n) is 15.9. The van der Waals surface area contributed by atoms with Crippen LogP contribution in [0.2, 0.25) is 0 Å². The molecule has 0 saturated carbocycles. The van der Waals surface area contributed by atoms with Crippen LogP contribution in [-0.4, -0.2) is 25.5 Å². The lowest BCUT2D eigenvalue weighted by atomic mass is 10.1. The van der Waals surface area contributed by atoms with Crippen molar-refractivity contribution in [1.29, 1.82) is 0 Å². The molecule has 0 radical (unpaired) electrons. The minimum absolute atomic E-state index is 0.0170. The molecule has 0 bridgehead atoms. The van der Waals surface area contributed by atoms with E-state index in [-0.39, 0.29) is 28.2 Å². The zero-order valence-corrected chi connectivity index (χ0v) is 28.7. The fraction of sp³-hybridized carbons (Fsp3) is 0.184. The Balaban J connectivity index is 0.000000204. The highest BCUT2D eigenvalue weighted by atomic mass is 19.4. The minimum atomic E-state index is -4.62. The lowest BCUT2D eigenvalue weighted by Crippen LogP contribution is -2.13. The fourth-order valence-corrected chi connectivity index (χ4v) is 5.38. The van der Waals surface area contributed by atoms with Crippen LogP contribution < -0.4 is 10.6 Å². The molecule has 6 rings (SSSR count). The second-order valence-corrected chi connectivity index (χ2v) is 12.0. The van der Waals surface area contributed by atoms with E-state index in [0.717, 1.165) is 44.3 Å². The summed E-state index contributed by atoms with van der Waals surface area (Å²) < 4.78 is 108. The molecule has 2 heterocycles. The molecule has 0 fully saturated rings. The molecule has 0 aliphatic carbocycles. The standard InChI is InChI=1S/C19H15F4N3O.C19H17F4N3/c1-11-5-3-4-6-13(11)18(27)24-12-7-8-14(15(20)9-12)16-10-17(19(21,22)23)25-26(16)2;1-12-5-3-4-6-13(12)11-24-14-7-8-15(16(20)9-14)17-10-18(19(21,22)23)25-26(17)2/h3-10H,1-2H3,(H,24,27);3-10,24H,11H2,1-2H3. The van der Waals surface area contributed by atoms with Crippen molar-refractivity contribution in [3.8, 4) is 22.5 Å². The van der Waals surface area contributed by atoms with Gasteiger partial charge < -0.3 is 10.6 Å². The molecule has 0 aliphatic rings. The van der Waals surface area contributed by atoms with E-state index in [1.807, 2.05) is 31.2 Å². The summed E-state index contributed by atoms with van der Waals surface area (Å²) in [4.78, 5) is 12.3. The topological polar surface area (TPSA) is 76.8 Å². The summed E-state index contributed by atoms with van der Waals surface area (Å²) in [5.74, 6) is -1.79. The predicted octanol–water partition coefficient (Wildman–Crippen LogP) is 9.97. The molecule has 0 spiro atoms. The number of alkyl halides is 6. The number of carbonyl (C=O) groups is 1. The zero-order chi connectivity index (χ0) is 38.7. The van der Waals surface area contributed by atoms with Gasteiger partial charge in [0, 0.05) is 48.7 Å². The molecule has 15 heteroatoms. The largest absolute Gasteiger partial charge is 0.435 e. The normalized spacial score (nSPS) is 11.5. The van der Waals surface area contributed by atoms with Crippen molar-refractivity contribution in [3.05, 3.63) is 142 Å². The lowest BCUT2D eigenvalue weighted by Gasteiger charge is -2.11. The molecule has 4 aromatic carbocycles. The molecule has 1 amide bonds. The van der Waals surface area contributed by atoms with Gasteiger partial charge in [0.05, 0.1) is 11.4 Å². The highest BCUT2D eigenvalue weighted by Gasteiger charge is 2.36. The summed E-state index contributed by atoms with van der Waals surface area (Å²) in [6.45, 7) is 4.29. The third-order valence-electron chi connectivity index (χ3n) is 8.22. The van der Waals surface area contributed by atoms with Crippen molar-refractivity contribution >= 4 is 17.3 Å². The van der Waals surface area contributed by atoms with Gasteiger partial charge in [-0.3, -0.25) is 14.2 Å². The van der Waals surface area contributed by atoms with Crippen molar-refractivity contribution in [2.24, 2.45) is 14.1 Å². The Morgan fingerprint density at radius 3 is 1.58 bits per heavy atom. The average molecular weight is 741 g/mol. The Bertz CT molecular complexity index is 2250. The van der Waals surface area contributed by atoms with Crippen LogP contribution in [0.4, 0.5) is 46.5 Å². The molecule has 0 unspecified atom stereocenters. The van der Waals surface area contributed by atoms with Crippen LogP contribution in [0.3, 0.4) is 0 Å². The Kier molecular flexibility index (Phi) is 11.1. The Labute approximate surface area is 298 Å². The van der Waals surface area contributed by atoms with Gasteiger partial charge in [0.15, 0.2) is 11.4 Å². The summed E-state index contributed by atoms with van der Waals surface area (Å²) in [6, 6.07) is 24.5. The maximum atomic E-state index is 14.5. The van der Waals surface area contributed by atoms with Crippen LogP contribution in [0.25, 0.3) is 22.5 Å². The summed E-state index contributed by atoms with van der Waals surface area (Å²) in [5, 5.41) is 12.5. The Morgan fingerprint density at radius 1 is 0.642 bits per heavy atom. The summed E-state index contributed by atoms with van der Waals surface area (Å²) in [7, 11) is 2.66. The quantitative estimate of drug-likeness (QED) is 0.160. The lowest BCUT2D eigenvalue weighted by molar-refractivity contribution is -0.142. The second-order valence-electron chi connectivity index (χ2n) is 12.0. The first kappa shape index (κ1) is 38.2. The van der Waals surface area contributed by atoms with Gasteiger partial charge in [0.1, 0.15) is 11.6 Å². The number of halogens is 8. The molecule has 276 valence electrons. The molecule has 0 aliphatic heterocycles. The van der Waals surface area contributed by atoms with Gasteiger partial charge in [-0.05, 0) is 85.1 Å². The average Bonchev–Trinajstić information content (AvgIpc) is 3.68. The fourth-order valence-electron chi connectivity index (χ4n) is 5.38. The van der Waals surface area contributed by atoms with Crippen LogP contribution in [-0.2, 0) is 33.0 Å². The molecular formula is C38H32F8N6O. The molecule has 0 saturated heterocycles. The second kappa shape index (κ2) is 15.3. The molecule has 53 heavy (non-hydrogen) atoms. The van der Waals surface area contributed by atoms with Gasteiger partial charge in [-0.1, -0.05) is 42.5 Å². The Hall–Kier alpha value is -5.99. The molecule has 2 N–H and O–H groups in total. The van der Waals surface area contributed by atoms with Crippen molar-refractivity contribution < 1.29 is 39.9 Å². The number of nitrogens with zero attached hydrogens (tertiary/aromatic N) is 4. The summed E-state index contributed by atoms with van der Waals surface area (Å²) in [6.07, 6.45) is -9.19. The van der Waals surface area contributed by atoms with Gasteiger partial charge in [0.25, 0.3) is 5.91 Å². The molecule has 7 nitrogen and oxygen atoms in total. The minimum Gasteiger partial charge on any atom is -0.381 e. The molecule has 6 aromatic rings. The van der Waals surface area contributed by atoms with E-state index in [1.54, 1.807) is 37.3 Å². The van der Waals surface area contributed by atoms with Gasteiger partial charge >= 0.3 is 12.4 Å². The van der Waals surface area contributed by atoms with E-state index in [4.69, 9.17) is 0 Å². The van der Waals surface area contributed by atoms with Crippen LogP contribution in [0.1, 0.15) is 38.4 Å². The number of aromatic nitrogens is 4. The van der Waals surface area contributed by atoms with Gasteiger partial charge in [-0.15, -0.1) is 0 Å².